The Kier molecular flexibility index (Phi) is 5.65. The summed E-state index contributed by atoms with van der Waals surface area (Å²) in [5.41, 5.74) is 0.727. The molecule has 1 aliphatic heterocycles. The maximum Gasteiger partial charge on any atom is 0.325 e. The van der Waals surface area contributed by atoms with Gasteiger partial charge in [-0.2, -0.15) is 0 Å². The number of rotatable bonds is 8. The zero-order chi connectivity index (χ0) is 21.3. The molecule has 30 heavy (non-hydrogen) atoms. The van der Waals surface area contributed by atoms with E-state index < -0.39 is 18.0 Å². The number of hydrogen-bond donors (Lipinski definition) is 2. The standard InChI is InChI=1S/C22H27N3O5/c1-29-18-6-4-14(9-19(18)30-2)12-25-21(27)17(24-22(25)28)10-20(26)23-11-16-8-13-3-5-15(16)7-13/h3-6,9,13,15-17H,7-8,10-12H2,1-2H3,(H,23,26)(H,24,28)/t13-,15-,16-,17+/m0/s1. The zero-order valence-corrected chi connectivity index (χ0v) is 17.2. The van der Waals surface area contributed by atoms with Crippen LogP contribution in [0.5, 0.6) is 11.5 Å². The monoisotopic (exact) mass is 413 g/mol. The molecular formula is C22H27N3O5. The van der Waals surface area contributed by atoms with E-state index in [0.29, 0.717) is 35.8 Å². The van der Waals surface area contributed by atoms with Gasteiger partial charge in [0, 0.05) is 6.54 Å². The minimum Gasteiger partial charge on any atom is -0.493 e. The number of hydrogen-bond acceptors (Lipinski definition) is 5. The summed E-state index contributed by atoms with van der Waals surface area (Å²) in [5, 5.41) is 5.56. The van der Waals surface area contributed by atoms with Crippen molar-refractivity contribution in [1.82, 2.24) is 15.5 Å². The van der Waals surface area contributed by atoms with E-state index in [4.69, 9.17) is 9.47 Å². The van der Waals surface area contributed by atoms with Gasteiger partial charge in [0.25, 0.3) is 5.91 Å². The topological polar surface area (TPSA) is 97.0 Å². The Balaban J connectivity index is 1.31. The SMILES string of the molecule is COc1ccc(CN2C(=O)N[C@H](CC(=O)NC[C@@H]3C[C@H]4C=C[C@H]3C4)C2=O)cc1OC. The van der Waals surface area contributed by atoms with Crippen LogP contribution in [0, 0.1) is 17.8 Å². The van der Waals surface area contributed by atoms with Crippen molar-refractivity contribution >= 4 is 17.8 Å². The van der Waals surface area contributed by atoms with Crippen LogP contribution in [0.2, 0.25) is 0 Å². The van der Waals surface area contributed by atoms with Gasteiger partial charge >= 0.3 is 6.03 Å². The minimum absolute atomic E-state index is 0.0519. The molecule has 1 heterocycles. The van der Waals surface area contributed by atoms with Crippen molar-refractivity contribution in [2.24, 2.45) is 17.8 Å². The van der Waals surface area contributed by atoms with E-state index >= 15 is 0 Å². The quantitative estimate of drug-likeness (QED) is 0.501. The van der Waals surface area contributed by atoms with Crippen LogP contribution < -0.4 is 20.1 Å². The first-order valence-corrected chi connectivity index (χ1v) is 10.3. The van der Waals surface area contributed by atoms with Crippen LogP contribution in [0.1, 0.15) is 24.8 Å². The van der Waals surface area contributed by atoms with Gasteiger partial charge in [0.05, 0.1) is 27.2 Å². The summed E-state index contributed by atoms with van der Waals surface area (Å²) in [4.78, 5) is 38.5. The van der Waals surface area contributed by atoms with E-state index in [1.807, 2.05) is 0 Å². The lowest BCUT2D eigenvalue weighted by molar-refractivity contribution is -0.131. The summed E-state index contributed by atoms with van der Waals surface area (Å²) in [6.07, 6.45) is 6.76. The predicted octanol–water partition coefficient (Wildman–Crippen LogP) is 1.84. The van der Waals surface area contributed by atoms with Crippen molar-refractivity contribution in [3.05, 3.63) is 35.9 Å². The van der Waals surface area contributed by atoms with Crippen molar-refractivity contribution in [3.8, 4) is 11.5 Å². The molecule has 2 fully saturated rings. The van der Waals surface area contributed by atoms with E-state index in [2.05, 4.69) is 22.8 Å². The Morgan fingerprint density at radius 1 is 1.17 bits per heavy atom. The number of benzene rings is 1. The lowest BCUT2D eigenvalue weighted by Crippen LogP contribution is -2.38. The second-order valence-corrected chi connectivity index (χ2v) is 8.16. The highest BCUT2D eigenvalue weighted by Gasteiger charge is 2.40. The molecule has 1 saturated carbocycles. The van der Waals surface area contributed by atoms with Gasteiger partial charge in [-0.1, -0.05) is 18.2 Å². The summed E-state index contributed by atoms with van der Waals surface area (Å²) in [6, 6.07) is 3.89. The normalized spacial score (nSPS) is 26.8. The van der Waals surface area contributed by atoms with Crippen LogP contribution in [-0.4, -0.2) is 49.6 Å². The van der Waals surface area contributed by atoms with E-state index in [0.717, 1.165) is 16.9 Å². The smallest absolute Gasteiger partial charge is 0.325 e. The second-order valence-electron chi connectivity index (χ2n) is 8.16. The highest BCUT2D eigenvalue weighted by Crippen LogP contribution is 2.42. The minimum atomic E-state index is -0.836. The predicted molar refractivity (Wildman–Crippen MR) is 109 cm³/mol. The molecule has 1 saturated heterocycles. The molecule has 0 unspecified atom stereocenters. The fourth-order valence-corrected chi connectivity index (χ4v) is 4.66. The fourth-order valence-electron chi connectivity index (χ4n) is 4.66. The van der Waals surface area contributed by atoms with Crippen LogP contribution in [0.25, 0.3) is 0 Å². The van der Waals surface area contributed by atoms with Crippen LogP contribution in [0.3, 0.4) is 0 Å². The molecule has 0 radical (unpaired) electrons. The first-order chi connectivity index (χ1) is 14.5. The van der Waals surface area contributed by atoms with E-state index in [1.54, 1.807) is 25.3 Å². The maximum atomic E-state index is 12.7. The molecule has 8 heteroatoms. The van der Waals surface area contributed by atoms with E-state index in [-0.39, 0.29) is 18.9 Å². The number of methoxy groups -OCH3 is 2. The number of nitrogens with zero attached hydrogens (tertiary/aromatic N) is 1. The van der Waals surface area contributed by atoms with Gasteiger partial charge in [-0.3, -0.25) is 14.5 Å². The zero-order valence-electron chi connectivity index (χ0n) is 17.2. The van der Waals surface area contributed by atoms with Crippen molar-refractivity contribution in [3.63, 3.8) is 0 Å². The van der Waals surface area contributed by atoms with Gasteiger partial charge in [-0.05, 0) is 48.3 Å². The van der Waals surface area contributed by atoms with Crippen molar-refractivity contribution in [2.45, 2.75) is 31.8 Å². The molecule has 0 spiro atoms. The van der Waals surface area contributed by atoms with E-state index in [9.17, 15) is 14.4 Å². The second kappa shape index (κ2) is 8.38. The van der Waals surface area contributed by atoms with Crippen LogP contribution in [-0.2, 0) is 16.1 Å². The number of carbonyl (C=O) groups excluding carboxylic acids is 3. The van der Waals surface area contributed by atoms with Crippen LogP contribution in [0.15, 0.2) is 30.4 Å². The van der Waals surface area contributed by atoms with Crippen molar-refractivity contribution < 1.29 is 23.9 Å². The number of ether oxygens (including phenoxy) is 2. The maximum absolute atomic E-state index is 12.7. The lowest BCUT2D eigenvalue weighted by atomic mass is 9.93. The number of nitrogens with one attached hydrogen (secondary N) is 2. The van der Waals surface area contributed by atoms with Gasteiger partial charge in [0.1, 0.15) is 6.04 Å². The molecule has 3 aliphatic rings. The summed E-state index contributed by atoms with van der Waals surface area (Å²) in [6.45, 7) is 0.717. The number of amides is 4. The summed E-state index contributed by atoms with van der Waals surface area (Å²) in [7, 11) is 3.07. The van der Waals surface area contributed by atoms with Gasteiger partial charge < -0.3 is 20.1 Å². The fraction of sp³-hybridized carbons (Fsp3) is 0.500. The van der Waals surface area contributed by atoms with Gasteiger partial charge in [-0.25, -0.2) is 4.79 Å². The highest BCUT2D eigenvalue weighted by molar-refractivity contribution is 6.05. The Bertz CT molecular complexity index is 884. The molecule has 4 rings (SSSR count). The van der Waals surface area contributed by atoms with Crippen molar-refractivity contribution in [2.75, 3.05) is 20.8 Å². The number of carbonyl (C=O) groups is 3. The third kappa shape index (κ3) is 3.99. The highest BCUT2D eigenvalue weighted by atomic mass is 16.5. The molecule has 4 amide bonds. The first kappa shape index (κ1) is 20.3. The summed E-state index contributed by atoms with van der Waals surface area (Å²) in [5.74, 6) is 2.16. The Labute approximate surface area is 175 Å². The number of allylic oxidation sites excluding steroid dienone is 2. The summed E-state index contributed by atoms with van der Waals surface area (Å²) >= 11 is 0. The number of urea groups is 1. The Morgan fingerprint density at radius 3 is 2.63 bits per heavy atom. The molecule has 1 aromatic carbocycles. The van der Waals surface area contributed by atoms with Gasteiger partial charge in [-0.15, -0.1) is 0 Å². The first-order valence-electron chi connectivity index (χ1n) is 10.3. The third-order valence-electron chi connectivity index (χ3n) is 6.26. The molecule has 2 bridgehead atoms. The number of fused-ring (bicyclic) bond motifs is 2. The van der Waals surface area contributed by atoms with Gasteiger partial charge in [0.15, 0.2) is 11.5 Å². The molecule has 1 aromatic rings. The van der Waals surface area contributed by atoms with Crippen LogP contribution in [0.4, 0.5) is 4.79 Å². The molecule has 160 valence electrons. The van der Waals surface area contributed by atoms with Crippen molar-refractivity contribution in [1.29, 1.82) is 0 Å². The molecule has 4 atom stereocenters. The van der Waals surface area contributed by atoms with E-state index in [1.165, 1.54) is 13.5 Å². The summed E-state index contributed by atoms with van der Waals surface area (Å²) < 4.78 is 10.5. The number of imide groups is 1. The lowest BCUT2D eigenvalue weighted by Gasteiger charge is -2.19. The van der Waals surface area contributed by atoms with Crippen LogP contribution >= 0.6 is 0 Å². The molecule has 8 nitrogen and oxygen atoms in total. The largest absolute Gasteiger partial charge is 0.493 e. The van der Waals surface area contributed by atoms with Gasteiger partial charge in [0.2, 0.25) is 5.91 Å². The molecule has 2 aliphatic carbocycles. The molecule has 0 aromatic heterocycles. The third-order valence-corrected chi connectivity index (χ3v) is 6.26. The molecular weight excluding hydrogens is 386 g/mol. The molecule has 2 N–H and O–H groups in total. The average molecular weight is 413 g/mol. The Hall–Kier alpha value is -3.03. The average Bonchev–Trinajstić information content (AvgIpc) is 3.44. The Morgan fingerprint density at radius 2 is 1.97 bits per heavy atom.